The molecule has 0 radical (unpaired) electrons. The molecule has 2 saturated carbocycles. The highest BCUT2D eigenvalue weighted by Gasteiger charge is 2.65. The second-order valence-electron chi connectivity index (χ2n) is 14.6. The maximum absolute atomic E-state index is 14.1. The van der Waals surface area contributed by atoms with Crippen LogP contribution in [0.25, 0.3) is 0 Å². The summed E-state index contributed by atoms with van der Waals surface area (Å²) in [6.45, 7) is 14.3. The van der Waals surface area contributed by atoms with Gasteiger partial charge in [-0.2, -0.15) is 0 Å². The molecule has 2 aliphatic carbocycles. The van der Waals surface area contributed by atoms with Gasteiger partial charge in [-0.05, 0) is 42.9 Å². The van der Waals surface area contributed by atoms with E-state index < -0.39 is 70.5 Å². The Bertz CT molecular complexity index is 1130. The van der Waals surface area contributed by atoms with Crippen molar-refractivity contribution in [3.05, 3.63) is 0 Å². The zero-order valence-corrected chi connectivity index (χ0v) is 27.2. The van der Waals surface area contributed by atoms with Crippen LogP contribution in [0.15, 0.2) is 0 Å². The molecular weight excluding hydrogens is 578 g/mol. The van der Waals surface area contributed by atoms with Crippen LogP contribution < -0.4 is 21.7 Å². The first-order valence-electron chi connectivity index (χ1n) is 15.1. The van der Waals surface area contributed by atoms with Crippen LogP contribution in [-0.2, 0) is 28.7 Å². The van der Waals surface area contributed by atoms with Crippen LogP contribution in [0, 0.1) is 28.6 Å². The number of Topliss-reactive ketones (excluding diaryl/α,β-unsaturated/α-hetero) is 1. The normalized spacial score (nSPS) is 25.5. The van der Waals surface area contributed by atoms with E-state index in [-0.39, 0.29) is 35.8 Å². The first-order valence-corrected chi connectivity index (χ1v) is 15.5. The maximum atomic E-state index is 14.1. The van der Waals surface area contributed by atoms with Gasteiger partial charge in [0.2, 0.25) is 17.6 Å². The molecular formula is C30H48ClN5O7. The third-order valence-electron chi connectivity index (χ3n) is 8.58. The number of fused-ring (bicyclic) bond motifs is 1. The van der Waals surface area contributed by atoms with Crippen LogP contribution in [0.5, 0.6) is 0 Å². The lowest BCUT2D eigenvalue weighted by Gasteiger charge is -2.38. The lowest BCUT2D eigenvalue weighted by Crippen LogP contribution is -2.62. The minimum absolute atomic E-state index is 0.121. The van der Waals surface area contributed by atoms with Crippen LogP contribution in [0.2, 0.25) is 0 Å². The summed E-state index contributed by atoms with van der Waals surface area (Å²) in [5.41, 5.74) is 3.80. The van der Waals surface area contributed by atoms with Crippen LogP contribution in [-0.4, -0.2) is 82.6 Å². The van der Waals surface area contributed by atoms with Gasteiger partial charge in [0.25, 0.3) is 5.91 Å². The molecule has 5 N–H and O–H groups in total. The second-order valence-corrected chi connectivity index (χ2v) is 15.1. The number of esters is 1. The molecule has 13 heteroatoms. The van der Waals surface area contributed by atoms with Crippen molar-refractivity contribution in [3.63, 3.8) is 0 Å². The number of carbonyl (C=O) groups excluding carboxylic acids is 6. The van der Waals surface area contributed by atoms with Gasteiger partial charge in [-0.1, -0.05) is 60.8 Å². The van der Waals surface area contributed by atoms with E-state index in [1.807, 2.05) is 0 Å². The predicted molar refractivity (Wildman–Crippen MR) is 160 cm³/mol. The molecule has 0 bridgehead atoms. The summed E-state index contributed by atoms with van der Waals surface area (Å²) < 4.78 is 5.34. The molecule has 5 amide bonds. The minimum Gasteiger partial charge on any atom is -0.461 e. The molecule has 12 nitrogen and oxygen atoms in total. The van der Waals surface area contributed by atoms with Gasteiger partial charge in [0, 0.05) is 17.8 Å². The van der Waals surface area contributed by atoms with Gasteiger partial charge in [0.05, 0.1) is 12.1 Å². The second kappa shape index (κ2) is 13.0. The molecule has 2 unspecified atom stereocenters. The molecule has 242 valence electrons. The SMILES string of the molecule is CC(C)OC(=O)[C@@H](NC(=O)N[C@H](C(=O)N1C[C@@H]2C(Cl)[C@@H]2[C@H]1C(=O)NC(CC1CCC1)C(=O)C(N)=O)C(C)(C)C)C(C)(C)C. The fourth-order valence-corrected chi connectivity index (χ4v) is 6.34. The number of primary amides is 1. The Labute approximate surface area is 258 Å². The molecule has 43 heavy (non-hydrogen) atoms. The monoisotopic (exact) mass is 625 g/mol. The molecule has 1 aliphatic heterocycles. The van der Waals surface area contributed by atoms with E-state index in [9.17, 15) is 28.8 Å². The highest BCUT2D eigenvalue weighted by molar-refractivity contribution is 6.37. The van der Waals surface area contributed by atoms with Crippen LogP contribution in [0.3, 0.4) is 0 Å². The molecule has 0 aromatic rings. The molecule has 0 aromatic heterocycles. The number of piperidine rings is 1. The zero-order chi connectivity index (χ0) is 32.6. The van der Waals surface area contributed by atoms with Crippen molar-refractivity contribution >= 4 is 47.1 Å². The fraction of sp³-hybridized carbons (Fsp3) is 0.800. The van der Waals surface area contributed by atoms with Crippen molar-refractivity contribution in [3.8, 4) is 0 Å². The van der Waals surface area contributed by atoms with Gasteiger partial charge in [-0.25, -0.2) is 9.59 Å². The highest BCUT2D eigenvalue weighted by atomic mass is 35.5. The standard InChI is InChI=1S/C30H48ClN5O7/c1-14(2)43-27(41)23(30(6,7)8)35-28(42)34-22(29(3,4)5)26(40)36-13-16-18(19(16)31)20(36)25(39)33-17(21(37)24(32)38)12-15-10-9-11-15/h14-20,22-23H,9-13H2,1-8H3,(H2,32,38)(H,33,39)(H2,34,35,42)/t16-,17?,18+,19?,20-,22+,23+/m0/s1. The third kappa shape index (κ3) is 8.19. The van der Waals surface area contributed by atoms with E-state index in [0.29, 0.717) is 6.42 Å². The Morgan fingerprint density at radius 3 is 1.95 bits per heavy atom. The van der Waals surface area contributed by atoms with E-state index in [2.05, 4.69) is 16.0 Å². The highest BCUT2D eigenvalue weighted by Crippen LogP contribution is 2.54. The molecule has 1 saturated heterocycles. The number of ketones is 1. The Hall–Kier alpha value is -2.89. The molecule has 3 rings (SSSR count). The molecule has 1 heterocycles. The number of urea groups is 1. The molecule has 0 aromatic carbocycles. The number of hydrogen-bond acceptors (Lipinski definition) is 7. The van der Waals surface area contributed by atoms with Gasteiger partial charge in [-0.3, -0.25) is 19.2 Å². The third-order valence-corrected chi connectivity index (χ3v) is 9.19. The molecule has 0 spiro atoms. The number of nitrogens with one attached hydrogen (secondary N) is 3. The lowest BCUT2D eigenvalue weighted by molar-refractivity contribution is -0.152. The van der Waals surface area contributed by atoms with E-state index in [1.165, 1.54) is 4.90 Å². The van der Waals surface area contributed by atoms with Gasteiger partial charge in [-0.15, -0.1) is 11.6 Å². The van der Waals surface area contributed by atoms with Gasteiger partial charge in [0.15, 0.2) is 0 Å². The number of ether oxygens (including phenoxy) is 1. The van der Waals surface area contributed by atoms with Crippen molar-refractivity contribution in [1.82, 2.24) is 20.9 Å². The first kappa shape index (κ1) is 34.6. The minimum atomic E-state index is -1.13. The largest absolute Gasteiger partial charge is 0.461 e. The van der Waals surface area contributed by atoms with Crippen molar-refractivity contribution in [2.75, 3.05) is 6.54 Å². The number of likely N-dealkylation sites (tertiary alicyclic amines) is 1. The van der Waals surface area contributed by atoms with Crippen molar-refractivity contribution in [2.45, 2.75) is 117 Å². The summed E-state index contributed by atoms with van der Waals surface area (Å²) in [4.78, 5) is 79.5. The number of halogens is 1. The summed E-state index contributed by atoms with van der Waals surface area (Å²) in [5.74, 6) is -3.92. The van der Waals surface area contributed by atoms with Gasteiger partial charge in [0.1, 0.15) is 18.1 Å². The summed E-state index contributed by atoms with van der Waals surface area (Å²) in [7, 11) is 0. The summed E-state index contributed by atoms with van der Waals surface area (Å²) >= 11 is 6.46. The topological polar surface area (TPSA) is 177 Å². The smallest absolute Gasteiger partial charge is 0.329 e. The average Bonchev–Trinajstić information content (AvgIpc) is 3.27. The predicted octanol–water partition coefficient (Wildman–Crippen LogP) is 1.86. The zero-order valence-electron chi connectivity index (χ0n) is 26.5. The number of nitrogens with zero attached hydrogens (tertiary/aromatic N) is 1. The Morgan fingerprint density at radius 2 is 1.49 bits per heavy atom. The number of carbonyl (C=O) groups is 6. The Kier molecular flexibility index (Phi) is 10.5. The lowest BCUT2D eigenvalue weighted by atomic mass is 9.80. The summed E-state index contributed by atoms with van der Waals surface area (Å²) in [6, 6.07) is -4.87. The first-order chi connectivity index (χ1) is 19.7. The van der Waals surface area contributed by atoms with E-state index >= 15 is 0 Å². The van der Waals surface area contributed by atoms with Crippen LogP contribution in [0.1, 0.15) is 81.1 Å². The van der Waals surface area contributed by atoms with E-state index in [4.69, 9.17) is 22.1 Å². The van der Waals surface area contributed by atoms with Crippen molar-refractivity contribution in [1.29, 1.82) is 0 Å². The number of rotatable bonds is 11. The van der Waals surface area contributed by atoms with E-state index in [0.717, 1.165) is 19.3 Å². The summed E-state index contributed by atoms with van der Waals surface area (Å²) in [6.07, 6.45) is 2.73. The average molecular weight is 626 g/mol. The number of hydrogen-bond donors (Lipinski definition) is 4. The fourth-order valence-electron chi connectivity index (χ4n) is 5.85. The van der Waals surface area contributed by atoms with E-state index in [1.54, 1.807) is 55.4 Å². The quantitative estimate of drug-likeness (QED) is 0.154. The molecule has 3 aliphatic rings. The van der Waals surface area contributed by atoms with Crippen LogP contribution in [0.4, 0.5) is 4.79 Å². The number of nitrogens with two attached hydrogens (primary N) is 1. The number of alkyl halides is 1. The van der Waals surface area contributed by atoms with Crippen molar-refractivity contribution < 1.29 is 33.5 Å². The molecule has 7 atom stereocenters. The molecule has 3 fully saturated rings. The Morgan fingerprint density at radius 1 is 0.930 bits per heavy atom. The number of amides is 5. The van der Waals surface area contributed by atoms with Crippen LogP contribution >= 0.6 is 11.6 Å². The van der Waals surface area contributed by atoms with Gasteiger partial charge >= 0.3 is 12.0 Å². The van der Waals surface area contributed by atoms with Gasteiger partial charge < -0.3 is 31.3 Å². The maximum Gasteiger partial charge on any atom is 0.329 e. The van der Waals surface area contributed by atoms with Crippen molar-refractivity contribution in [2.24, 2.45) is 34.3 Å². The Balaban J connectivity index is 1.80. The summed E-state index contributed by atoms with van der Waals surface area (Å²) in [5, 5.41) is 7.78.